The topological polar surface area (TPSA) is 73.6 Å². The quantitative estimate of drug-likeness (QED) is 0.361. The van der Waals surface area contributed by atoms with Gasteiger partial charge >= 0.3 is 0 Å². The molecule has 4 N–H and O–H groups in total. The van der Waals surface area contributed by atoms with Crippen molar-refractivity contribution in [3.63, 3.8) is 0 Å². The summed E-state index contributed by atoms with van der Waals surface area (Å²) >= 11 is 0. The summed E-state index contributed by atoms with van der Waals surface area (Å²) in [5.41, 5.74) is 12.7. The van der Waals surface area contributed by atoms with Crippen LogP contribution in [0.2, 0.25) is 0 Å². The van der Waals surface area contributed by atoms with E-state index in [0.717, 1.165) is 16.9 Å². The Labute approximate surface area is 135 Å². The van der Waals surface area contributed by atoms with Gasteiger partial charge in [0.05, 0.1) is 6.54 Å². The van der Waals surface area contributed by atoms with Gasteiger partial charge in [-0.2, -0.15) is 0 Å². The summed E-state index contributed by atoms with van der Waals surface area (Å²) in [7, 11) is 0. The number of nitrogens with two attached hydrogens (primary N) is 2. The third-order valence-electron chi connectivity index (χ3n) is 2.62. The van der Waals surface area contributed by atoms with Gasteiger partial charge in [-0.1, -0.05) is 48.5 Å². The molecule has 2 aromatic carbocycles. The highest BCUT2D eigenvalue weighted by Crippen LogP contribution is 2.29. The Morgan fingerprint density at radius 3 is 2.30 bits per heavy atom. The van der Waals surface area contributed by atoms with Crippen LogP contribution in [0.4, 0.5) is 0 Å². The van der Waals surface area contributed by atoms with Crippen molar-refractivity contribution >= 4 is 29.9 Å². The highest BCUT2D eigenvalue weighted by atomic mass is 127. The first-order valence-electron chi connectivity index (χ1n) is 6.10. The number of rotatable bonds is 5. The van der Waals surface area contributed by atoms with Crippen molar-refractivity contribution in [1.82, 2.24) is 0 Å². The predicted octanol–water partition coefficient (Wildman–Crippen LogP) is 2.62. The first-order chi connectivity index (χ1) is 9.27. The van der Waals surface area contributed by atoms with Crippen LogP contribution in [0.3, 0.4) is 0 Å². The summed E-state index contributed by atoms with van der Waals surface area (Å²) in [5, 5.41) is 0. The standard InChI is InChI=1S/C15H17N3O.HI/c16-15(17)18-10-11-19-14-9-5-4-8-13(14)12-6-2-1-3-7-12;/h1-9H,10-11H2,(H4,16,17,18);1H. The molecule has 0 unspecified atom stereocenters. The monoisotopic (exact) mass is 383 g/mol. The van der Waals surface area contributed by atoms with E-state index in [4.69, 9.17) is 16.2 Å². The molecule has 0 heterocycles. The van der Waals surface area contributed by atoms with Crippen LogP contribution in [0.25, 0.3) is 11.1 Å². The van der Waals surface area contributed by atoms with Crippen molar-refractivity contribution in [2.45, 2.75) is 0 Å². The van der Waals surface area contributed by atoms with E-state index in [1.807, 2.05) is 42.5 Å². The summed E-state index contributed by atoms with van der Waals surface area (Å²) in [6, 6.07) is 18.0. The molecule has 0 aliphatic carbocycles. The van der Waals surface area contributed by atoms with E-state index in [-0.39, 0.29) is 29.9 Å². The van der Waals surface area contributed by atoms with Crippen LogP contribution >= 0.6 is 24.0 Å². The van der Waals surface area contributed by atoms with Gasteiger partial charge in [0, 0.05) is 5.56 Å². The first kappa shape index (κ1) is 16.3. The summed E-state index contributed by atoms with van der Waals surface area (Å²) in [6.07, 6.45) is 0. The van der Waals surface area contributed by atoms with Gasteiger partial charge in [0.2, 0.25) is 0 Å². The molecule has 0 aromatic heterocycles. The number of benzene rings is 2. The largest absolute Gasteiger partial charge is 0.491 e. The Hall–Kier alpha value is -1.76. The highest BCUT2D eigenvalue weighted by Gasteiger charge is 2.04. The maximum absolute atomic E-state index is 5.72. The zero-order valence-electron chi connectivity index (χ0n) is 11.0. The Kier molecular flexibility index (Phi) is 6.86. The van der Waals surface area contributed by atoms with E-state index in [0.29, 0.717) is 13.2 Å². The number of aliphatic imine (C=N–C) groups is 1. The van der Waals surface area contributed by atoms with E-state index in [1.54, 1.807) is 0 Å². The zero-order chi connectivity index (χ0) is 13.5. The average molecular weight is 383 g/mol. The minimum atomic E-state index is 0. The van der Waals surface area contributed by atoms with Gasteiger partial charge in [0.25, 0.3) is 0 Å². The van der Waals surface area contributed by atoms with E-state index in [9.17, 15) is 0 Å². The molecule has 0 spiro atoms. The molecule has 0 atom stereocenters. The SMILES string of the molecule is I.NC(N)=NCCOc1ccccc1-c1ccccc1. The van der Waals surface area contributed by atoms with E-state index in [1.165, 1.54) is 0 Å². The summed E-state index contributed by atoms with van der Waals surface area (Å²) in [6.45, 7) is 0.896. The molecule has 2 rings (SSSR count). The van der Waals surface area contributed by atoms with Crippen molar-refractivity contribution < 1.29 is 4.74 Å². The van der Waals surface area contributed by atoms with Crippen LogP contribution in [0.5, 0.6) is 5.75 Å². The second-order valence-electron chi connectivity index (χ2n) is 4.02. The number of para-hydroxylation sites is 1. The Morgan fingerprint density at radius 1 is 0.950 bits per heavy atom. The van der Waals surface area contributed by atoms with Crippen molar-refractivity contribution in [2.75, 3.05) is 13.2 Å². The fraction of sp³-hybridized carbons (Fsp3) is 0.133. The van der Waals surface area contributed by atoms with Crippen molar-refractivity contribution in [2.24, 2.45) is 16.5 Å². The molecule has 0 aliphatic heterocycles. The van der Waals surface area contributed by atoms with E-state index >= 15 is 0 Å². The molecule has 106 valence electrons. The number of halogens is 1. The number of ether oxygens (including phenoxy) is 1. The van der Waals surface area contributed by atoms with Crippen LogP contribution in [-0.2, 0) is 0 Å². The second kappa shape index (κ2) is 8.42. The van der Waals surface area contributed by atoms with Crippen LogP contribution in [0.1, 0.15) is 0 Å². The third-order valence-corrected chi connectivity index (χ3v) is 2.62. The maximum Gasteiger partial charge on any atom is 0.186 e. The normalized spacial score (nSPS) is 9.40. The van der Waals surface area contributed by atoms with Crippen molar-refractivity contribution in [1.29, 1.82) is 0 Å². The fourth-order valence-electron chi connectivity index (χ4n) is 1.78. The van der Waals surface area contributed by atoms with Gasteiger partial charge < -0.3 is 16.2 Å². The lowest BCUT2D eigenvalue weighted by atomic mass is 10.1. The van der Waals surface area contributed by atoms with E-state index < -0.39 is 0 Å². The number of hydrogen-bond acceptors (Lipinski definition) is 2. The molecule has 0 fully saturated rings. The zero-order valence-corrected chi connectivity index (χ0v) is 13.4. The number of hydrogen-bond donors (Lipinski definition) is 2. The first-order valence-corrected chi connectivity index (χ1v) is 6.10. The van der Waals surface area contributed by atoms with Gasteiger partial charge in [-0.05, 0) is 11.6 Å². The van der Waals surface area contributed by atoms with Crippen molar-refractivity contribution in [3.05, 3.63) is 54.6 Å². The minimum absolute atomic E-state index is 0. The summed E-state index contributed by atoms with van der Waals surface area (Å²) < 4.78 is 5.72. The predicted molar refractivity (Wildman–Crippen MR) is 93.5 cm³/mol. The lowest BCUT2D eigenvalue weighted by molar-refractivity contribution is 0.330. The van der Waals surface area contributed by atoms with Gasteiger partial charge in [0.1, 0.15) is 12.4 Å². The molecule has 0 saturated carbocycles. The molecule has 4 nitrogen and oxygen atoms in total. The smallest absolute Gasteiger partial charge is 0.186 e. The molecule has 0 aliphatic rings. The number of guanidine groups is 1. The molecular weight excluding hydrogens is 365 g/mol. The fourth-order valence-corrected chi connectivity index (χ4v) is 1.78. The van der Waals surface area contributed by atoms with Gasteiger partial charge in [-0.15, -0.1) is 24.0 Å². The number of nitrogens with zero attached hydrogens (tertiary/aromatic N) is 1. The Morgan fingerprint density at radius 2 is 1.60 bits per heavy atom. The van der Waals surface area contributed by atoms with Gasteiger partial charge in [0.15, 0.2) is 5.96 Å². The second-order valence-corrected chi connectivity index (χ2v) is 4.02. The third kappa shape index (κ3) is 4.73. The molecule has 20 heavy (non-hydrogen) atoms. The Balaban J connectivity index is 0.00000200. The Bertz CT molecular complexity index is 554. The average Bonchev–Trinajstić information content (AvgIpc) is 2.45. The molecule has 0 saturated heterocycles. The molecular formula is C15H18IN3O. The van der Waals surface area contributed by atoms with E-state index in [2.05, 4.69) is 17.1 Å². The molecule has 0 radical (unpaired) electrons. The molecule has 0 bridgehead atoms. The van der Waals surface area contributed by atoms with Crippen LogP contribution in [0.15, 0.2) is 59.6 Å². The molecule has 0 amide bonds. The van der Waals surface area contributed by atoms with Crippen LogP contribution in [0, 0.1) is 0 Å². The summed E-state index contributed by atoms with van der Waals surface area (Å²) in [4.78, 5) is 3.89. The van der Waals surface area contributed by atoms with Crippen LogP contribution in [-0.4, -0.2) is 19.1 Å². The summed E-state index contributed by atoms with van der Waals surface area (Å²) in [5.74, 6) is 0.916. The lowest BCUT2D eigenvalue weighted by Crippen LogP contribution is -2.23. The maximum atomic E-state index is 5.72. The molecule has 2 aromatic rings. The van der Waals surface area contributed by atoms with Gasteiger partial charge in [-0.3, -0.25) is 4.99 Å². The minimum Gasteiger partial charge on any atom is -0.491 e. The van der Waals surface area contributed by atoms with Crippen molar-refractivity contribution in [3.8, 4) is 16.9 Å². The van der Waals surface area contributed by atoms with Gasteiger partial charge in [-0.25, -0.2) is 0 Å². The van der Waals surface area contributed by atoms with Crippen LogP contribution < -0.4 is 16.2 Å². The molecule has 5 heteroatoms. The highest BCUT2D eigenvalue weighted by molar-refractivity contribution is 14.0. The lowest BCUT2D eigenvalue weighted by Gasteiger charge is -2.10.